The summed E-state index contributed by atoms with van der Waals surface area (Å²) >= 11 is 9.15. The number of nitrogens with two attached hydrogens (primary N) is 1. The molecule has 0 atom stereocenters. The topological polar surface area (TPSA) is 38.9 Å². The van der Waals surface area contributed by atoms with Gasteiger partial charge in [-0.25, -0.2) is 0 Å². The van der Waals surface area contributed by atoms with Crippen molar-refractivity contribution in [2.75, 3.05) is 6.54 Å². The lowest BCUT2D eigenvalue weighted by molar-refractivity contribution is 1.19. The third-order valence-corrected chi connectivity index (χ3v) is 2.11. The quantitative estimate of drug-likeness (QED) is 0.872. The van der Waals surface area contributed by atoms with E-state index in [0.29, 0.717) is 17.3 Å². The second-order valence-corrected chi connectivity index (χ2v) is 3.61. The van der Waals surface area contributed by atoms with Crippen LogP contribution in [0.1, 0.15) is 5.69 Å². The van der Waals surface area contributed by atoms with Gasteiger partial charge in [0.1, 0.15) is 0 Å². The predicted octanol–water partition coefficient (Wildman–Crippen LogP) is 2.47. The lowest BCUT2D eigenvalue weighted by atomic mass is 10.2. The van der Waals surface area contributed by atoms with Crippen molar-refractivity contribution in [2.45, 2.75) is 0 Å². The van der Waals surface area contributed by atoms with Gasteiger partial charge in [0.2, 0.25) is 0 Å². The Labute approximate surface area is 84.6 Å². The van der Waals surface area contributed by atoms with E-state index in [9.17, 15) is 0 Å². The van der Waals surface area contributed by atoms with E-state index in [2.05, 4.69) is 27.5 Å². The Morgan fingerprint density at radius 3 is 2.92 bits per heavy atom. The lowest BCUT2D eigenvalue weighted by Crippen LogP contribution is -2.03. The van der Waals surface area contributed by atoms with Crippen molar-refractivity contribution in [1.82, 2.24) is 4.98 Å². The molecule has 0 aliphatic carbocycles. The van der Waals surface area contributed by atoms with Gasteiger partial charge in [0.05, 0.1) is 10.7 Å². The van der Waals surface area contributed by atoms with Crippen LogP contribution in [0.3, 0.4) is 0 Å². The Kier molecular flexibility index (Phi) is 3.26. The second-order valence-electron chi connectivity index (χ2n) is 2.29. The molecule has 1 aromatic rings. The number of nitrogens with zero attached hydrogens (tertiary/aromatic N) is 1. The minimum absolute atomic E-state index is 0.369. The average molecular weight is 248 g/mol. The van der Waals surface area contributed by atoms with Gasteiger partial charge >= 0.3 is 0 Å². The average Bonchev–Trinajstić information content (AvgIpc) is 2.03. The van der Waals surface area contributed by atoms with Gasteiger partial charge in [-0.3, -0.25) is 4.98 Å². The molecule has 2 nitrogen and oxygen atoms in total. The highest BCUT2D eigenvalue weighted by Crippen LogP contribution is 2.22. The molecule has 0 radical (unpaired) electrons. The van der Waals surface area contributed by atoms with Gasteiger partial charge in [0.25, 0.3) is 0 Å². The summed E-state index contributed by atoms with van der Waals surface area (Å²) in [6, 6.07) is 1.77. The van der Waals surface area contributed by atoms with Crippen molar-refractivity contribution in [3.63, 3.8) is 0 Å². The van der Waals surface area contributed by atoms with E-state index in [0.717, 1.165) is 10.0 Å². The first-order valence-corrected chi connectivity index (χ1v) is 4.51. The smallest absolute Gasteiger partial charge is 0.0855 e. The molecular weight excluding hydrogens is 239 g/mol. The van der Waals surface area contributed by atoms with Gasteiger partial charge in [-0.15, -0.1) is 0 Å². The first-order valence-electron chi connectivity index (χ1n) is 3.34. The first-order chi connectivity index (χ1) is 5.65. The van der Waals surface area contributed by atoms with Crippen LogP contribution in [0.25, 0.3) is 5.57 Å². The van der Waals surface area contributed by atoms with Crippen LogP contribution < -0.4 is 5.73 Å². The highest BCUT2D eigenvalue weighted by atomic mass is 79.9. The molecule has 0 unspecified atom stereocenters. The number of rotatable bonds is 2. The first kappa shape index (κ1) is 9.71. The molecule has 0 saturated carbocycles. The molecule has 1 heterocycles. The molecule has 12 heavy (non-hydrogen) atoms. The maximum Gasteiger partial charge on any atom is 0.0855 e. The standard InChI is InChI=1S/C8H8BrClN2/c1-5(3-11)8-7(10)2-6(9)4-12-8/h2,4H,1,3,11H2. The van der Waals surface area contributed by atoms with Gasteiger partial charge in [-0.1, -0.05) is 18.2 Å². The Balaban J connectivity index is 3.09. The van der Waals surface area contributed by atoms with Gasteiger partial charge < -0.3 is 5.73 Å². The normalized spacial score (nSPS) is 9.92. The summed E-state index contributed by atoms with van der Waals surface area (Å²) in [7, 11) is 0. The molecule has 1 rings (SSSR count). The van der Waals surface area contributed by atoms with Crippen molar-refractivity contribution in [3.05, 3.63) is 34.0 Å². The fraction of sp³-hybridized carbons (Fsp3) is 0.125. The minimum atomic E-state index is 0.369. The van der Waals surface area contributed by atoms with E-state index in [1.165, 1.54) is 0 Å². The van der Waals surface area contributed by atoms with E-state index in [1.54, 1.807) is 12.3 Å². The SMILES string of the molecule is C=C(CN)c1ncc(Br)cc1Cl. The fourth-order valence-electron chi connectivity index (χ4n) is 0.771. The van der Waals surface area contributed by atoms with E-state index >= 15 is 0 Å². The van der Waals surface area contributed by atoms with Crippen LogP contribution in [0, 0.1) is 0 Å². The van der Waals surface area contributed by atoms with Gasteiger partial charge in [-0.2, -0.15) is 0 Å². The van der Waals surface area contributed by atoms with Crippen molar-refractivity contribution in [1.29, 1.82) is 0 Å². The summed E-state index contributed by atoms with van der Waals surface area (Å²) in [6.07, 6.45) is 1.67. The van der Waals surface area contributed by atoms with E-state index in [4.69, 9.17) is 17.3 Å². The molecule has 4 heteroatoms. The summed E-state index contributed by atoms with van der Waals surface area (Å²) in [5, 5.41) is 0.569. The zero-order valence-electron chi connectivity index (χ0n) is 6.35. The number of hydrogen-bond donors (Lipinski definition) is 1. The molecule has 2 N–H and O–H groups in total. The van der Waals surface area contributed by atoms with Crippen LogP contribution in [0.2, 0.25) is 5.02 Å². The molecule has 0 saturated heterocycles. The van der Waals surface area contributed by atoms with Crippen LogP contribution in [-0.4, -0.2) is 11.5 Å². The maximum atomic E-state index is 5.89. The summed E-state index contributed by atoms with van der Waals surface area (Å²) < 4.78 is 0.848. The second kappa shape index (κ2) is 4.03. The summed E-state index contributed by atoms with van der Waals surface area (Å²) in [5.74, 6) is 0. The van der Waals surface area contributed by atoms with Gasteiger partial charge in [0, 0.05) is 17.2 Å². The van der Waals surface area contributed by atoms with Crippen molar-refractivity contribution in [3.8, 4) is 0 Å². The molecule has 0 bridgehead atoms. The van der Waals surface area contributed by atoms with Crippen molar-refractivity contribution >= 4 is 33.1 Å². The summed E-state index contributed by atoms with van der Waals surface area (Å²) in [6.45, 7) is 4.12. The number of halogens is 2. The van der Waals surface area contributed by atoms with Crippen LogP contribution in [-0.2, 0) is 0 Å². The van der Waals surface area contributed by atoms with Gasteiger partial charge in [0.15, 0.2) is 0 Å². The molecule has 0 aromatic carbocycles. The van der Waals surface area contributed by atoms with E-state index in [-0.39, 0.29) is 0 Å². The van der Waals surface area contributed by atoms with Crippen LogP contribution in [0.5, 0.6) is 0 Å². The zero-order chi connectivity index (χ0) is 9.14. The zero-order valence-corrected chi connectivity index (χ0v) is 8.69. The largest absolute Gasteiger partial charge is 0.326 e. The van der Waals surface area contributed by atoms with Crippen LogP contribution in [0.4, 0.5) is 0 Å². The van der Waals surface area contributed by atoms with Gasteiger partial charge in [-0.05, 0) is 27.6 Å². The van der Waals surface area contributed by atoms with Crippen molar-refractivity contribution < 1.29 is 0 Å². The molecule has 64 valence electrons. The van der Waals surface area contributed by atoms with E-state index < -0.39 is 0 Å². The molecular formula is C8H8BrClN2. The van der Waals surface area contributed by atoms with Crippen molar-refractivity contribution in [2.24, 2.45) is 5.73 Å². The minimum Gasteiger partial charge on any atom is -0.326 e. The third-order valence-electron chi connectivity index (χ3n) is 1.39. The highest BCUT2D eigenvalue weighted by Gasteiger charge is 2.04. The molecule has 0 fully saturated rings. The Bertz CT molecular complexity index is 312. The monoisotopic (exact) mass is 246 g/mol. The molecule has 0 amide bonds. The molecule has 0 aliphatic heterocycles. The maximum absolute atomic E-state index is 5.89. The third kappa shape index (κ3) is 2.06. The van der Waals surface area contributed by atoms with E-state index in [1.807, 2.05) is 0 Å². The highest BCUT2D eigenvalue weighted by molar-refractivity contribution is 9.10. The van der Waals surface area contributed by atoms with Crippen LogP contribution >= 0.6 is 27.5 Å². The molecule has 0 spiro atoms. The number of aromatic nitrogens is 1. The summed E-state index contributed by atoms with van der Waals surface area (Å²) in [5.41, 5.74) is 6.81. The fourth-order valence-corrected chi connectivity index (χ4v) is 1.53. The number of hydrogen-bond acceptors (Lipinski definition) is 2. The predicted molar refractivity (Wildman–Crippen MR) is 55.0 cm³/mol. The lowest BCUT2D eigenvalue weighted by Gasteiger charge is -2.03. The number of pyridine rings is 1. The summed E-state index contributed by atoms with van der Waals surface area (Å²) in [4.78, 5) is 4.09. The Morgan fingerprint density at radius 1 is 1.75 bits per heavy atom. The Hall–Kier alpha value is -0.380. The molecule has 0 aliphatic rings. The Morgan fingerprint density at radius 2 is 2.42 bits per heavy atom. The molecule has 1 aromatic heterocycles. The van der Waals surface area contributed by atoms with Crippen LogP contribution in [0.15, 0.2) is 23.3 Å².